The Hall–Kier alpha value is -2.76. The standard InChI is InChI=1S/C18H15F3N2O/c1-23(2)17-11-14(18(19,20)21)10-15(22-17)12-5-7-13(8-6-12)16-4-3-9-24-16/h3-11H,1-2H3. The SMILES string of the molecule is CN(C)c1cc(C(F)(F)F)cc(-c2ccc(-c3ccco3)cc2)n1. The third-order valence-corrected chi connectivity index (χ3v) is 3.58. The van der Waals surface area contributed by atoms with Crippen LogP contribution in [0.3, 0.4) is 0 Å². The Morgan fingerprint density at radius 3 is 2.17 bits per heavy atom. The molecule has 0 atom stereocenters. The van der Waals surface area contributed by atoms with Gasteiger partial charge in [-0.05, 0) is 24.3 Å². The fourth-order valence-corrected chi connectivity index (χ4v) is 2.30. The van der Waals surface area contributed by atoms with E-state index in [9.17, 15) is 13.2 Å². The van der Waals surface area contributed by atoms with Crippen LogP contribution >= 0.6 is 0 Å². The summed E-state index contributed by atoms with van der Waals surface area (Å²) >= 11 is 0. The smallest absolute Gasteiger partial charge is 0.416 e. The molecule has 3 nitrogen and oxygen atoms in total. The van der Waals surface area contributed by atoms with Crippen LogP contribution in [-0.2, 0) is 6.18 Å². The molecular weight excluding hydrogens is 317 g/mol. The van der Waals surface area contributed by atoms with Gasteiger partial charge in [0.15, 0.2) is 0 Å². The summed E-state index contributed by atoms with van der Waals surface area (Å²) in [4.78, 5) is 5.86. The van der Waals surface area contributed by atoms with Crippen LogP contribution in [0.5, 0.6) is 0 Å². The van der Waals surface area contributed by atoms with Crippen LogP contribution in [0.4, 0.5) is 19.0 Å². The highest BCUT2D eigenvalue weighted by Gasteiger charge is 2.32. The number of alkyl halides is 3. The topological polar surface area (TPSA) is 29.3 Å². The molecule has 0 bridgehead atoms. The number of nitrogens with zero attached hydrogens (tertiary/aromatic N) is 2. The van der Waals surface area contributed by atoms with Gasteiger partial charge in [0.05, 0.1) is 17.5 Å². The zero-order valence-electron chi connectivity index (χ0n) is 13.1. The number of halogens is 3. The average molecular weight is 332 g/mol. The Kier molecular flexibility index (Phi) is 4.05. The fraction of sp³-hybridized carbons (Fsp3) is 0.167. The van der Waals surface area contributed by atoms with Gasteiger partial charge in [-0.3, -0.25) is 0 Å². The maximum Gasteiger partial charge on any atom is 0.416 e. The first-order valence-corrected chi connectivity index (χ1v) is 7.25. The second kappa shape index (κ2) is 6.03. The lowest BCUT2D eigenvalue weighted by Crippen LogP contribution is -2.14. The molecule has 124 valence electrons. The quantitative estimate of drug-likeness (QED) is 0.669. The number of anilines is 1. The summed E-state index contributed by atoms with van der Waals surface area (Å²) in [5.74, 6) is 0.961. The van der Waals surface area contributed by atoms with Crippen LogP contribution in [0.2, 0.25) is 0 Å². The number of rotatable bonds is 3. The molecule has 2 heterocycles. The van der Waals surface area contributed by atoms with Crippen LogP contribution in [0.1, 0.15) is 5.56 Å². The number of furan rings is 1. The van der Waals surface area contributed by atoms with Crippen molar-refractivity contribution in [2.24, 2.45) is 0 Å². The third kappa shape index (κ3) is 3.27. The summed E-state index contributed by atoms with van der Waals surface area (Å²) in [6.07, 6.45) is -2.85. The van der Waals surface area contributed by atoms with E-state index in [1.807, 2.05) is 6.07 Å². The van der Waals surface area contributed by atoms with Gasteiger partial charge in [-0.25, -0.2) is 4.98 Å². The molecule has 0 aliphatic rings. The van der Waals surface area contributed by atoms with E-state index in [4.69, 9.17) is 4.42 Å². The van der Waals surface area contributed by atoms with Crippen LogP contribution in [0, 0.1) is 0 Å². The van der Waals surface area contributed by atoms with Gasteiger partial charge in [-0.1, -0.05) is 24.3 Å². The minimum Gasteiger partial charge on any atom is -0.464 e. The molecule has 6 heteroatoms. The van der Waals surface area contributed by atoms with E-state index in [-0.39, 0.29) is 11.5 Å². The summed E-state index contributed by atoms with van der Waals surface area (Å²) < 4.78 is 44.7. The third-order valence-electron chi connectivity index (χ3n) is 3.58. The summed E-state index contributed by atoms with van der Waals surface area (Å²) in [5, 5.41) is 0. The molecule has 3 rings (SSSR count). The molecule has 2 aromatic heterocycles. The highest BCUT2D eigenvalue weighted by molar-refractivity contribution is 5.67. The van der Waals surface area contributed by atoms with Crippen LogP contribution in [0.25, 0.3) is 22.6 Å². The Labute approximate surface area is 137 Å². The van der Waals surface area contributed by atoms with Crippen molar-refractivity contribution in [1.29, 1.82) is 0 Å². The normalized spacial score (nSPS) is 11.5. The number of hydrogen-bond acceptors (Lipinski definition) is 3. The molecule has 1 aromatic carbocycles. The molecule has 0 N–H and O–H groups in total. The lowest BCUT2D eigenvalue weighted by atomic mass is 10.1. The lowest BCUT2D eigenvalue weighted by Gasteiger charge is -2.16. The largest absolute Gasteiger partial charge is 0.464 e. The zero-order valence-corrected chi connectivity index (χ0v) is 13.1. The predicted octanol–water partition coefficient (Wildman–Crippen LogP) is 5.09. The van der Waals surface area contributed by atoms with Gasteiger partial charge < -0.3 is 9.32 Å². The van der Waals surface area contributed by atoms with Crippen molar-refractivity contribution in [3.05, 3.63) is 60.4 Å². The Morgan fingerprint density at radius 2 is 1.62 bits per heavy atom. The van der Waals surface area contributed by atoms with Gasteiger partial charge in [-0.15, -0.1) is 0 Å². The van der Waals surface area contributed by atoms with Gasteiger partial charge in [-0.2, -0.15) is 13.2 Å². The molecule has 24 heavy (non-hydrogen) atoms. The Balaban J connectivity index is 2.03. The highest BCUT2D eigenvalue weighted by Crippen LogP contribution is 2.34. The highest BCUT2D eigenvalue weighted by atomic mass is 19.4. The van der Waals surface area contributed by atoms with Crippen molar-refractivity contribution < 1.29 is 17.6 Å². The minimum atomic E-state index is -4.42. The van der Waals surface area contributed by atoms with E-state index in [1.165, 1.54) is 0 Å². The number of aromatic nitrogens is 1. The lowest BCUT2D eigenvalue weighted by molar-refractivity contribution is -0.137. The Bertz CT molecular complexity index is 822. The summed E-state index contributed by atoms with van der Waals surface area (Å²) in [7, 11) is 3.32. The van der Waals surface area contributed by atoms with Crippen LogP contribution in [-0.4, -0.2) is 19.1 Å². The van der Waals surface area contributed by atoms with E-state index < -0.39 is 11.7 Å². The predicted molar refractivity (Wildman–Crippen MR) is 86.7 cm³/mol. The van der Waals surface area contributed by atoms with E-state index in [0.29, 0.717) is 11.3 Å². The molecule has 0 saturated heterocycles. The molecule has 0 radical (unpaired) electrons. The second-order valence-corrected chi connectivity index (χ2v) is 5.55. The number of hydrogen-bond donors (Lipinski definition) is 0. The van der Waals surface area contributed by atoms with Gasteiger partial charge in [0.1, 0.15) is 11.6 Å². The van der Waals surface area contributed by atoms with Crippen molar-refractivity contribution >= 4 is 5.82 Å². The summed E-state index contributed by atoms with van der Waals surface area (Å²) in [5.41, 5.74) is 1.02. The van der Waals surface area contributed by atoms with Crippen molar-refractivity contribution in [3.63, 3.8) is 0 Å². The minimum absolute atomic E-state index is 0.259. The van der Waals surface area contributed by atoms with E-state index in [2.05, 4.69) is 4.98 Å². The van der Waals surface area contributed by atoms with Crippen molar-refractivity contribution in [2.75, 3.05) is 19.0 Å². The molecule has 0 aliphatic heterocycles. The maximum absolute atomic E-state index is 13.1. The molecule has 0 saturated carbocycles. The van der Waals surface area contributed by atoms with E-state index in [1.54, 1.807) is 55.6 Å². The average Bonchev–Trinajstić information content (AvgIpc) is 3.08. The molecule has 0 amide bonds. The Morgan fingerprint density at radius 1 is 0.958 bits per heavy atom. The first-order chi connectivity index (χ1) is 11.3. The molecule has 0 fully saturated rings. The molecule has 3 aromatic rings. The molecule has 0 aliphatic carbocycles. The second-order valence-electron chi connectivity index (χ2n) is 5.55. The summed E-state index contributed by atoms with van der Waals surface area (Å²) in [6, 6.07) is 12.8. The van der Waals surface area contributed by atoms with Gasteiger partial charge in [0.2, 0.25) is 0 Å². The van der Waals surface area contributed by atoms with Crippen molar-refractivity contribution in [2.45, 2.75) is 6.18 Å². The van der Waals surface area contributed by atoms with Crippen LogP contribution < -0.4 is 4.90 Å². The molecule has 0 spiro atoms. The monoisotopic (exact) mass is 332 g/mol. The van der Waals surface area contributed by atoms with Gasteiger partial charge >= 0.3 is 6.18 Å². The van der Waals surface area contributed by atoms with Crippen LogP contribution in [0.15, 0.2) is 59.2 Å². The van der Waals surface area contributed by atoms with Crippen molar-refractivity contribution in [1.82, 2.24) is 4.98 Å². The number of pyridine rings is 1. The molecule has 0 unspecified atom stereocenters. The molecular formula is C18H15F3N2O. The van der Waals surface area contributed by atoms with Gasteiger partial charge in [0, 0.05) is 25.2 Å². The van der Waals surface area contributed by atoms with Gasteiger partial charge in [0.25, 0.3) is 0 Å². The first kappa shape index (κ1) is 16.1. The van der Waals surface area contributed by atoms with Crippen molar-refractivity contribution in [3.8, 4) is 22.6 Å². The zero-order chi connectivity index (χ0) is 17.3. The van der Waals surface area contributed by atoms with E-state index in [0.717, 1.165) is 17.7 Å². The first-order valence-electron chi connectivity index (χ1n) is 7.25. The number of benzene rings is 1. The van der Waals surface area contributed by atoms with E-state index >= 15 is 0 Å². The fourth-order valence-electron chi connectivity index (χ4n) is 2.30. The summed E-state index contributed by atoms with van der Waals surface area (Å²) in [6.45, 7) is 0. The maximum atomic E-state index is 13.1.